The van der Waals surface area contributed by atoms with Crippen LogP contribution in [0, 0.1) is 10.1 Å². The number of carbonyl (C=O) groups is 3. The maximum Gasteiger partial charge on any atom is 0.345 e. The lowest BCUT2D eigenvalue weighted by Gasteiger charge is -2.08. The van der Waals surface area contributed by atoms with Crippen molar-refractivity contribution in [3.05, 3.63) is 69.8 Å². The van der Waals surface area contributed by atoms with E-state index in [1.54, 1.807) is 0 Å². The summed E-state index contributed by atoms with van der Waals surface area (Å²) in [6.07, 6.45) is 0.713. The molecule has 0 bridgehead atoms. The van der Waals surface area contributed by atoms with E-state index in [1.165, 1.54) is 48.5 Å². The molecule has 2 rings (SSSR count). The molecular weight excluding hydrogens is 368 g/mol. The van der Waals surface area contributed by atoms with Gasteiger partial charge in [0.2, 0.25) is 0 Å². The maximum atomic E-state index is 12.0. The van der Waals surface area contributed by atoms with Crippen LogP contribution >= 0.6 is 0 Å². The van der Waals surface area contributed by atoms with Crippen molar-refractivity contribution < 1.29 is 28.8 Å². The zero-order valence-corrected chi connectivity index (χ0v) is 15.0. The van der Waals surface area contributed by atoms with Crippen molar-refractivity contribution in [1.82, 2.24) is 0 Å². The highest BCUT2D eigenvalue weighted by Gasteiger charge is 2.21. The van der Waals surface area contributed by atoms with Crippen molar-refractivity contribution in [2.24, 2.45) is 0 Å². The molecule has 0 saturated heterocycles. The van der Waals surface area contributed by atoms with Gasteiger partial charge in [-0.2, -0.15) is 0 Å². The van der Waals surface area contributed by atoms with Crippen molar-refractivity contribution in [2.45, 2.75) is 13.3 Å². The lowest BCUT2D eigenvalue weighted by molar-refractivity contribution is -0.385. The molecule has 0 unspecified atom stereocenters. The number of hydrogen-bond donors (Lipinski definition) is 1. The standard InChI is InChI=1S/C19H18N2O7/c1-2-11-27-18(23)13-7-9-14(10-8-13)20-17(22)12-28-19(24)15-5-3-4-6-16(15)21(25)26/h3-10H,2,11-12H2,1H3,(H,20,22). The number of nitrogens with one attached hydrogen (secondary N) is 1. The molecule has 1 N–H and O–H groups in total. The van der Waals surface area contributed by atoms with Gasteiger partial charge < -0.3 is 14.8 Å². The van der Waals surface area contributed by atoms with Crippen LogP contribution in [-0.4, -0.2) is 36.0 Å². The molecule has 0 heterocycles. The molecule has 0 spiro atoms. The maximum absolute atomic E-state index is 12.0. The van der Waals surface area contributed by atoms with Gasteiger partial charge in [-0.1, -0.05) is 19.1 Å². The predicted molar refractivity (Wildman–Crippen MR) is 99.0 cm³/mol. The summed E-state index contributed by atoms with van der Waals surface area (Å²) in [6.45, 7) is 1.59. The SMILES string of the molecule is CCCOC(=O)c1ccc(NC(=O)COC(=O)c2ccccc2[N+](=O)[O-])cc1. The van der Waals surface area contributed by atoms with Crippen LogP contribution in [0.3, 0.4) is 0 Å². The number of hydrogen-bond acceptors (Lipinski definition) is 7. The fourth-order valence-electron chi connectivity index (χ4n) is 2.18. The molecule has 0 fully saturated rings. The van der Waals surface area contributed by atoms with Crippen molar-refractivity contribution in [2.75, 3.05) is 18.5 Å². The van der Waals surface area contributed by atoms with Gasteiger partial charge in [-0.05, 0) is 36.8 Å². The van der Waals surface area contributed by atoms with Crippen molar-refractivity contribution >= 4 is 29.2 Å². The fourth-order valence-corrected chi connectivity index (χ4v) is 2.18. The number of benzene rings is 2. The third-order valence-electron chi connectivity index (χ3n) is 3.50. The van der Waals surface area contributed by atoms with E-state index in [4.69, 9.17) is 9.47 Å². The second-order valence-corrected chi connectivity index (χ2v) is 5.61. The number of nitro benzene ring substituents is 1. The first-order chi connectivity index (χ1) is 13.4. The largest absolute Gasteiger partial charge is 0.462 e. The van der Waals surface area contributed by atoms with Crippen LogP contribution < -0.4 is 5.32 Å². The molecule has 28 heavy (non-hydrogen) atoms. The number of nitrogens with zero attached hydrogens (tertiary/aromatic N) is 1. The molecule has 9 nitrogen and oxygen atoms in total. The third kappa shape index (κ3) is 5.63. The van der Waals surface area contributed by atoms with Crippen LogP contribution in [0.4, 0.5) is 11.4 Å². The van der Waals surface area contributed by atoms with Gasteiger partial charge in [0.1, 0.15) is 5.56 Å². The molecule has 1 amide bonds. The third-order valence-corrected chi connectivity index (χ3v) is 3.50. The fraction of sp³-hybridized carbons (Fsp3) is 0.211. The number of rotatable bonds is 8. The van der Waals surface area contributed by atoms with Gasteiger partial charge >= 0.3 is 11.9 Å². The van der Waals surface area contributed by atoms with Crippen LogP contribution in [0.1, 0.15) is 34.1 Å². The van der Waals surface area contributed by atoms with E-state index >= 15 is 0 Å². The summed E-state index contributed by atoms with van der Waals surface area (Å²) < 4.78 is 9.83. The topological polar surface area (TPSA) is 125 Å². The van der Waals surface area contributed by atoms with Gasteiger partial charge in [0.25, 0.3) is 11.6 Å². The van der Waals surface area contributed by atoms with Gasteiger partial charge in [0.15, 0.2) is 6.61 Å². The summed E-state index contributed by atoms with van der Waals surface area (Å²) in [4.78, 5) is 45.8. The minimum Gasteiger partial charge on any atom is -0.462 e. The normalized spacial score (nSPS) is 10.0. The van der Waals surface area contributed by atoms with E-state index in [2.05, 4.69) is 5.32 Å². The summed E-state index contributed by atoms with van der Waals surface area (Å²) in [6, 6.07) is 11.3. The average Bonchev–Trinajstić information content (AvgIpc) is 2.70. The van der Waals surface area contributed by atoms with Crippen molar-refractivity contribution in [3.63, 3.8) is 0 Å². The van der Waals surface area contributed by atoms with Crippen LogP contribution in [0.15, 0.2) is 48.5 Å². The molecule has 0 saturated carbocycles. The molecule has 0 aliphatic heterocycles. The lowest BCUT2D eigenvalue weighted by atomic mass is 10.2. The smallest absolute Gasteiger partial charge is 0.345 e. The Balaban J connectivity index is 1.90. The van der Waals surface area contributed by atoms with E-state index in [1.807, 2.05) is 6.92 Å². The number of ether oxygens (including phenoxy) is 2. The minimum atomic E-state index is -0.975. The molecule has 2 aromatic rings. The van der Waals surface area contributed by atoms with E-state index in [-0.39, 0.29) is 5.56 Å². The predicted octanol–water partition coefficient (Wildman–Crippen LogP) is 2.96. The Kier molecular flexibility index (Phi) is 7.21. The first-order valence-corrected chi connectivity index (χ1v) is 8.40. The molecular formula is C19H18N2O7. The summed E-state index contributed by atoms with van der Waals surface area (Å²) in [5.74, 6) is -2.07. The quantitative estimate of drug-likeness (QED) is 0.420. The Morgan fingerprint density at radius 1 is 1.00 bits per heavy atom. The summed E-state index contributed by atoms with van der Waals surface area (Å²) >= 11 is 0. The van der Waals surface area contributed by atoms with E-state index in [0.717, 1.165) is 0 Å². The second-order valence-electron chi connectivity index (χ2n) is 5.61. The molecule has 0 aliphatic carbocycles. The number of anilines is 1. The average molecular weight is 386 g/mol. The van der Waals surface area contributed by atoms with Crippen LogP contribution in [0.2, 0.25) is 0 Å². The monoisotopic (exact) mass is 386 g/mol. The first-order valence-electron chi connectivity index (χ1n) is 8.40. The zero-order valence-electron chi connectivity index (χ0n) is 15.0. The highest BCUT2D eigenvalue weighted by atomic mass is 16.6. The number of nitro groups is 1. The molecule has 146 valence electrons. The Hall–Kier alpha value is -3.75. The molecule has 0 radical (unpaired) electrons. The highest BCUT2D eigenvalue weighted by Crippen LogP contribution is 2.18. The molecule has 0 aliphatic rings. The number of carbonyl (C=O) groups excluding carboxylic acids is 3. The van der Waals surface area contributed by atoms with Gasteiger partial charge in [-0.25, -0.2) is 9.59 Å². The van der Waals surface area contributed by atoms with Gasteiger partial charge in [0.05, 0.1) is 17.1 Å². The Morgan fingerprint density at radius 3 is 2.32 bits per heavy atom. The minimum absolute atomic E-state index is 0.241. The number of esters is 2. The van der Waals surface area contributed by atoms with Gasteiger partial charge in [0, 0.05) is 11.8 Å². The zero-order chi connectivity index (χ0) is 20.5. The van der Waals surface area contributed by atoms with Crippen LogP contribution in [0.5, 0.6) is 0 Å². The Morgan fingerprint density at radius 2 is 1.68 bits per heavy atom. The van der Waals surface area contributed by atoms with Gasteiger partial charge in [-0.3, -0.25) is 14.9 Å². The Labute approximate surface area is 160 Å². The lowest BCUT2D eigenvalue weighted by Crippen LogP contribution is -2.21. The number of para-hydroxylation sites is 1. The molecule has 2 aromatic carbocycles. The first kappa shape index (κ1) is 20.6. The van der Waals surface area contributed by atoms with Crippen LogP contribution in [-0.2, 0) is 14.3 Å². The van der Waals surface area contributed by atoms with Crippen molar-refractivity contribution in [1.29, 1.82) is 0 Å². The van der Waals surface area contributed by atoms with Gasteiger partial charge in [-0.15, -0.1) is 0 Å². The van der Waals surface area contributed by atoms with E-state index in [0.29, 0.717) is 24.3 Å². The van der Waals surface area contributed by atoms with E-state index < -0.39 is 35.1 Å². The number of amides is 1. The molecule has 0 aromatic heterocycles. The summed E-state index contributed by atoms with van der Waals surface area (Å²) in [5, 5.41) is 13.4. The Bertz CT molecular complexity index is 878. The van der Waals surface area contributed by atoms with E-state index in [9.17, 15) is 24.5 Å². The second kappa shape index (κ2) is 9.81. The summed E-state index contributed by atoms with van der Waals surface area (Å²) in [5.41, 5.74) is 0.0850. The molecule has 9 heteroatoms. The highest BCUT2D eigenvalue weighted by molar-refractivity contribution is 5.97. The van der Waals surface area contributed by atoms with Crippen LogP contribution in [0.25, 0.3) is 0 Å². The molecule has 0 atom stereocenters. The summed E-state index contributed by atoms with van der Waals surface area (Å²) in [7, 11) is 0. The van der Waals surface area contributed by atoms with Crippen molar-refractivity contribution in [3.8, 4) is 0 Å².